The standard InChI is InChI=1S/C61H46N4O5/c1-2-44-24-22-40-31-42(38-16-8-4-9-17-38)33-52(57(40)64-44)62-35-50-54(66)28-26-48-56(46-20-12-13-21-47(46)61(68)69)49-27-29-55(67)51(60(49)70-59(48)50)36-63-53-34-43(39-18-10-5-11-19-39)32-41-23-25-45(65-58(41)53)30-37-14-6-3-7-15-37/h3-29,31-34,62-63,67H,2,30,35-36H2,1H3,(H,68,69). The number of carbonyl (C=O) groups is 1. The SMILES string of the molecule is CCc1ccc2cc(-c3ccccc3)cc(NCc3c4oc5c(CNc6cc(-c7ccccc7)cc7ccc(Cc8ccccc8)nc67)c(O)ccc5c(-c5ccccc5C(=O)O)c-4ccc3=O)c2n1. The minimum Gasteiger partial charge on any atom is -0.507 e. The largest absolute Gasteiger partial charge is 0.507 e. The van der Waals surface area contributed by atoms with E-state index >= 15 is 0 Å². The van der Waals surface area contributed by atoms with E-state index in [0.29, 0.717) is 45.2 Å². The minimum atomic E-state index is -1.10. The molecule has 2 aromatic heterocycles. The first kappa shape index (κ1) is 43.5. The summed E-state index contributed by atoms with van der Waals surface area (Å²) in [6.45, 7) is 2.21. The molecule has 9 aromatic rings. The molecule has 0 saturated heterocycles. The fraction of sp³-hybridized carbons (Fsp3) is 0.0820. The first-order chi connectivity index (χ1) is 34.3. The van der Waals surface area contributed by atoms with Gasteiger partial charge in [-0.25, -0.2) is 4.79 Å². The molecule has 11 rings (SSSR count). The number of aromatic nitrogens is 2. The molecule has 7 aromatic carbocycles. The van der Waals surface area contributed by atoms with E-state index in [4.69, 9.17) is 14.4 Å². The summed E-state index contributed by atoms with van der Waals surface area (Å²) >= 11 is 0. The third-order valence-electron chi connectivity index (χ3n) is 13.0. The highest BCUT2D eigenvalue weighted by atomic mass is 16.4. The Bertz CT molecular complexity index is 3800. The summed E-state index contributed by atoms with van der Waals surface area (Å²) in [5.74, 6) is -0.875. The van der Waals surface area contributed by atoms with Crippen LogP contribution in [0.25, 0.3) is 77.5 Å². The van der Waals surface area contributed by atoms with Crippen LogP contribution in [-0.4, -0.2) is 26.2 Å². The average Bonchev–Trinajstić information content (AvgIpc) is 3.40. The summed E-state index contributed by atoms with van der Waals surface area (Å²) in [5, 5.41) is 32.1. The predicted molar refractivity (Wildman–Crippen MR) is 281 cm³/mol. The fourth-order valence-electron chi connectivity index (χ4n) is 9.50. The molecule has 340 valence electrons. The number of phenolic OH excluding ortho intramolecular Hbond substituents is 1. The van der Waals surface area contributed by atoms with E-state index < -0.39 is 5.97 Å². The molecular formula is C61H46N4O5. The second-order valence-electron chi connectivity index (χ2n) is 17.4. The van der Waals surface area contributed by atoms with Crippen molar-refractivity contribution in [1.29, 1.82) is 0 Å². The molecule has 0 saturated carbocycles. The van der Waals surface area contributed by atoms with E-state index in [1.54, 1.807) is 42.5 Å². The smallest absolute Gasteiger partial charge is 0.336 e. The predicted octanol–water partition coefficient (Wildman–Crippen LogP) is 13.8. The van der Waals surface area contributed by atoms with Gasteiger partial charge in [0.15, 0.2) is 5.43 Å². The monoisotopic (exact) mass is 914 g/mol. The van der Waals surface area contributed by atoms with Gasteiger partial charge in [0.05, 0.1) is 39.1 Å². The van der Waals surface area contributed by atoms with Gasteiger partial charge in [-0.1, -0.05) is 128 Å². The third kappa shape index (κ3) is 8.34. The van der Waals surface area contributed by atoms with Crippen molar-refractivity contribution < 1.29 is 19.4 Å². The van der Waals surface area contributed by atoms with Crippen LogP contribution in [0.3, 0.4) is 0 Å². The maximum absolute atomic E-state index is 14.3. The van der Waals surface area contributed by atoms with Crippen LogP contribution >= 0.6 is 0 Å². The van der Waals surface area contributed by atoms with Gasteiger partial charge in [-0.3, -0.25) is 14.8 Å². The third-order valence-corrected chi connectivity index (χ3v) is 13.0. The molecule has 70 heavy (non-hydrogen) atoms. The number of rotatable bonds is 13. The zero-order valence-corrected chi connectivity index (χ0v) is 38.2. The summed E-state index contributed by atoms with van der Waals surface area (Å²) in [7, 11) is 0. The highest BCUT2D eigenvalue weighted by Crippen LogP contribution is 2.45. The summed E-state index contributed by atoms with van der Waals surface area (Å²) < 4.78 is 6.97. The van der Waals surface area contributed by atoms with Crippen molar-refractivity contribution in [2.45, 2.75) is 32.9 Å². The maximum atomic E-state index is 14.3. The number of aryl methyl sites for hydroxylation is 1. The van der Waals surface area contributed by atoms with Crippen molar-refractivity contribution in [3.63, 3.8) is 0 Å². The zero-order chi connectivity index (χ0) is 47.7. The van der Waals surface area contributed by atoms with Crippen molar-refractivity contribution in [2.75, 3.05) is 10.6 Å². The first-order valence-electron chi connectivity index (χ1n) is 23.4. The summed E-state index contributed by atoms with van der Waals surface area (Å²) in [4.78, 5) is 37.4. The normalized spacial score (nSPS) is 11.4. The molecule has 9 nitrogen and oxygen atoms in total. The molecule has 3 heterocycles. The van der Waals surface area contributed by atoms with E-state index in [1.807, 2.05) is 60.7 Å². The van der Waals surface area contributed by atoms with Crippen LogP contribution in [0.2, 0.25) is 0 Å². The molecule has 1 aliphatic carbocycles. The highest BCUT2D eigenvalue weighted by Gasteiger charge is 2.27. The van der Waals surface area contributed by atoms with Crippen LogP contribution in [0.5, 0.6) is 5.75 Å². The van der Waals surface area contributed by atoms with Gasteiger partial charge in [0.2, 0.25) is 0 Å². The second-order valence-corrected chi connectivity index (χ2v) is 17.4. The molecule has 0 radical (unpaired) electrons. The van der Waals surface area contributed by atoms with Gasteiger partial charge >= 0.3 is 5.97 Å². The molecule has 0 spiro atoms. The molecule has 9 heteroatoms. The van der Waals surface area contributed by atoms with Crippen molar-refractivity contribution in [3.05, 3.63) is 232 Å². The van der Waals surface area contributed by atoms with E-state index in [9.17, 15) is 19.8 Å². The molecule has 0 unspecified atom stereocenters. The quantitative estimate of drug-likeness (QED) is 0.0833. The molecular weight excluding hydrogens is 869 g/mol. The number of anilines is 2. The number of pyridine rings is 2. The number of carboxylic acids is 1. The van der Waals surface area contributed by atoms with Gasteiger partial charge in [0.25, 0.3) is 0 Å². The fourth-order valence-corrected chi connectivity index (χ4v) is 9.50. The van der Waals surface area contributed by atoms with E-state index in [0.717, 1.165) is 78.8 Å². The second kappa shape index (κ2) is 18.5. The van der Waals surface area contributed by atoms with Crippen molar-refractivity contribution in [1.82, 2.24) is 9.97 Å². The Morgan fingerprint density at radius 1 is 0.571 bits per heavy atom. The number of nitrogens with zero attached hydrogens (tertiary/aromatic N) is 2. The summed E-state index contributed by atoms with van der Waals surface area (Å²) in [6, 6.07) is 60.5. The van der Waals surface area contributed by atoms with Gasteiger partial charge in [0, 0.05) is 58.2 Å². The van der Waals surface area contributed by atoms with E-state index in [2.05, 4.69) is 96.4 Å². The van der Waals surface area contributed by atoms with Crippen molar-refractivity contribution in [2.24, 2.45) is 0 Å². The van der Waals surface area contributed by atoms with Gasteiger partial charge in [-0.2, -0.15) is 0 Å². The van der Waals surface area contributed by atoms with Gasteiger partial charge in [0.1, 0.15) is 17.1 Å². The maximum Gasteiger partial charge on any atom is 0.336 e. The number of nitrogens with one attached hydrogen (secondary N) is 2. The first-order valence-corrected chi connectivity index (χ1v) is 23.4. The van der Waals surface area contributed by atoms with Gasteiger partial charge < -0.3 is 25.3 Å². The summed E-state index contributed by atoms with van der Waals surface area (Å²) in [5.41, 5.74) is 12.5. The number of hydrogen-bond acceptors (Lipinski definition) is 8. The lowest BCUT2D eigenvalue weighted by Crippen LogP contribution is -2.15. The highest BCUT2D eigenvalue weighted by molar-refractivity contribution is 6.09. The van der Waals surface area contributed by atoms with Crippen LogP contribution < -0.4 is 16.1 Å². The number of benzene rings is 8. The van der Waals surface area contributed by atoms with Crippen LogP contribution in [0.1, 0.15) is 45.4 Å². The summed E-state index contributed by atoms with van der Waals surface area (Å²) in [6.07, 6.45) is 1.40. The Balaban J connectivity index is 1.07. The number of aromatic carboxylic acids is 1. The lowest BCUT2D eigenvalue weighted by molar-refractivity contribution is 0.0697. The topological polar surface area (TPSA) is 138 Å². The molecule has 0 fully saturated rings. The molecule has 4 N–H and O–H groups in total. The lowest BCUT2D eigenvalue weighted by Gasteiger charge is -2.21. The van der Waals surface area contributed by atoms with Crippen LogP contribution in [-0.2, 0) is 25.9 Å². The number of carboxylic acid groups (broad SMARTS) is 1. The molecule has 0 amide bonds. The van der Waals surface area contributed by atoms with Gasteiger partial charge in [-0.05, 0) is 107 Å². The Morgan fingerprint density at radius 2 is 1.14 bits per heavy atom. The Morgan fingerprint density at radius 3 is 1.77 bits per heavy atom. The molecule has 0 bridgehead atoms. The lowest BCUT2D eigenvalue weighted by atomic mass is 9.88. The Labute approximate surface area is 403 Å². The average molecular weight is 915 g/mol. The van der Waals surface area contributed by atoms with E-state index in [1.165, 1.54) is 6.07 Å². The molecule has 2 aliphatic rings. The molecule has 1 aliphatic heterocycles. The van der Waals surface area contributed by atoms with Crippen LogP contribution in [0.4, 0.5) is 11.4 Å². The Hall–Kier alpha value is -9.08. The van der Waals surface area contributed by atoms with E-state index in [-0.39, 0.29) is 35.6 Å². The number of aromatic hydroxyl groups is 1. The van der Waals surface area contributed by atoms with Crippen molar-refractivity contribution in [3.8, 4) is 50.5 Å². The number of fused-ring (bicyclic) bond motifs is 4. The minimum absolute atomic E-state index is 0.0400. The molecule has 0 atom stereocenters. The van der Waals surface area contributed by atoms with Crippen LogP contribution in [0.15, 0.2) is 197 Å². The number of hydrogen-bond donors (Lipinski definition) is 4. The zero-order valence-electron chi connectivity index (χ0n) is 38.2. The Kier molecular flexibility index (Phi) is 11.5. The van der Waals surface area contributed by atoms with Crippen LogP contribution in [0, 0.1) is 0 Å². The van der Waals surface area contributed by atoms with Crippen molar-refractivity contribution >= 4 is 50.1 Å². The number of phenols is 1. The van der Waals surface area contributed by atoms with Gasteiger partial charge in [-0.15, -0.1) is 0 Å².